The summed E-state index contributed by atoms with van der Waals surface area (Å²) in [7, 11) is -4.55. The number of phenols is 1. The van der Waals surface area contributed by atoms with Gasteiger partial charge in [0.1, 0.15) is 15.8 Å². The molecular formula is C16H11N2NaO4S. The van der Waals surface area contributed by atoms with Gasteiger partial charge in [0.05, 0.1) is 10.6 Å². The molecule has 0 amide bonds. The van der Waals surface area contributed by atoms with Crippen LogP contribution in [0.4, 0.5) is 11.4 Å². The van der Waals surface area contributed by atoms with Crippen molar-refractivity contribution in [2.24, 2.45) is 10.2 Å². The van der Waals surface area contributed by atoms with E-state index in [4.69, 9.17) is 0 Å². The topological polar surface area (TPSA) is 102 Å². The van der Waals surface area contributed by atoms with Crippen molar-refractivity contribution >= 4 is 32.3 Å². The van der Waals surface area contributed by atoms with Crippen LogP contribution >= 0.6 is 0 Å². The third-order valence-corrected chi connectivity index (χ3v) is 4.09. The summed E-state index contributed by atoms with van der Waals surface area (Å²) in [5, 5.41) is 19.5. The first-order valence-electron chi connectivity index (χ1n) is 6.63. The van der Waals surface area contributed by atoms with Crippen molar-refractivity contribution in [3.63, 3.8) is 0 Å². The molecule has 3 rings (SSSR count). The van der Waals surface area contributed by atoms with E-state index in [1.807, 2.05) is 12.1 Å². The molecule has 0 aliphatic rings. The van der Waals surface area contributed by atoms with Gasteiger partial charge in [-0.05, 0) is 29.7 Å². The summed E-state index contributed by atoms with van der Waals surface area (Å²) >= 11 is 0. The fourth-order valence-electron chi connectivity index (χ4n) is 2.14. The van der Waals surface area contributed by atoms with Crippen LogP contribution in [0.25, 0.3) is 10.8 Å². The molecule has 8 heteroatoms. The molecule has 0 heterocycles. The smallest absolute Gasteiger partial charge is 0.744 e. The largest absolute Gasteiger partial charge is 1.00 e. The normalized spacial score (nSPS) is 11.5. The van der Waals surface area contributed by atoms with Crippen LogP contribution in [0.3, 0.4) is 0 Å². The van der Waals surface area contributed by atoms with Crippen LogP contribution < -0.4 is 29.6 Å². The number of fused-ring (bicyclic) bond motifs is 1. The van der Waals surface area contributed by atoms with Gasteiger partial charge in [-0.3, -0.25) is 0 Å². The number of nitrogens with zero attached hydrogens (tertiary/aromatic N) is 2. The third-order valence-electron chi connectivity index (χ3n) is 3.26. The first kappa shape index (κ1) is 18.6. The minimum absolute atomic E-state index is 0. The van der Waals surface area contributed by atoms with Crippen molar-refractivity contribution in [3.8, 4) is 5.75 Å². The van der Waals surface area contributed by atoms with Crippen molar-refractivity contribution in [2.75, 3.05) is 0 Å². The molecule has 3 aromatic carbocycles. The zero-order valence-corrected chi connectivity index (χ0v) is 15.6. The number of hydrogen-bond acceptors (Lipinski definition) is 6. The van der Waals surface area contributed by atoms with Crippen molar-refractivity contribution < 1.29 is 47.6 Å². The van der Waals surface area contributed by atoms with Crippen LogP contribution in [0.5, 0.6) is 5.75 Å². The zero-order chi connectivity index (χ0) is 16.4. The number of rotatable bonds is 3. The van der Waals surface area contributed by atoms with Crippen LogP contribution in [0.2, 0.25) is 0 Å². The van der Waals surface area contributed by atoms with Crippen LogP contribution in [0, 0.1) is 0 Å². The monoisotopic (exact) mass is 350 g/mol. The molecule has 24 heavy (non-hydrogen) atoms. The van der Waals surface area contributed by atoms with E-state index < -0.39 is 10.1 Å². The van der Waals surface area contributed by atoms with Crippen LogP contribution in [-0.2, 0) is 10.1 Å². The molecule has 0 fully saturated rings. The Morgan fingerprint density at radius 2 is 1.67 bits per heavy atom. The van der Waals surface area contributed by atoms with Crippen molar-refractivity contribution in [1.82, 2.24) is 0 Å². The second kappa shape index (κ2) is 7.42. The molecule has 116 valence electrons. The van der Waals surface area contributed by atoms with E-state index in [-0.39, 0.29) is 51.6 Å². The molecule has 0 radical (unpaired) electrons. The molecule has 6 nitrogen and oxygen atoms in total. The minimum Gasteiger partial charge on any atom is -0.744 e. The average Bonchev–Trinajstić information content (AvgIpc) is 2.54. The van der Waals surface area contributed by atoms with Crippen molar-refractivity contribution in [2.45, 2.75) is 4.90 Å². The quantitative estimate of drug-likeness (QED) is 0.430. The summed E-state index contributed by atoms with van der Waals surface area (Å²) in [6.07, 6.45) is 0. The Hall–Kier alpha value is -1.77. The Kier molecular flexibility index (Phi) is 5.74. The Morgan fingerprint density at radius 3 is 2.42 bits per heavy atom. The molecule has 0 bridgehead atoms. The Labute approximate surface area is 160 Å². The molecule has 0 saturated carbocycles. The molecule has 0 aliphatic heterocycles. The van der Waals surface area contributed by atoms with Gasteiger partial charge in [0.25, 0.3) is 0 Å². The van der Waals surface area contributed by atoms with Gasteiger partial charge in [0, 0.05) is 5.39 Å². The first-order valence-corrected chi connectivity index (χ1v) is 8.04. The zero-order valence-electron chi connectivity index (χ0n) is 12.7. The number of hydrogen-bond donors (Lipinski definition) is 1. The van der Waals surface area contributed by atoms with E-state index in [9.17, 15) is 18.1 Å². The molecule has 0 aliphatic carbocycles. The van der Waals surface area contributed by atoms with Crippen molar-refractivity contribution in [1.29, 1.82) is 0 Å². The third kappa shape index (κ3) is 4.00. The Balaban J connectivity index is 0.00000208. The van der Waals surface area contributed by atoms with E-state index in [2.05, 4.69) is 10.2 Å². The molecule has 3 aromatic rings. The summed E-state index contributed by atoms with van der Waals surface area (Å²) in [6, 6.07) is 15.9. The van der Waals surface area contributed by atoms with Gasteiger partial charge >= 0.3 is 29.6 Å². The first-order chi connectivity index (χ1) is 10.9. The molecule has 0 spiro atoms. The van der Waals surface area contributed by atoms with Crippen LogP contribution in [-0.4, -0.2) is 18.1 Å². The number of phenolic OH excluding ortho intramolecular Hbond substituents is 1. The Bertz CT molecular complexity index is 1020. The van der Waals surface area contributed by atoms with Gasteiger partial charge in [-0.15, -0.1) is 5.11 Å². The number of azo groups is 1. The standard InChI is InChI=1S/C16H12N2O4S.Na/c19-16-14-7-2-1-4-11(14)8-9-15(16)18-17-12-5-3-6-13(10-12)23(20,21)22;/h1-10,19H,(H,20,21,22);/q;+1/p-1. The maximum atomic E-state index is 11.0. The summed E-state index contributed by atoms with van der Waals surface area (Å²) in [5.74, 6) is -0.0144. The molecule has 0 aromatic heterocycles. The predicted octanol–water partition coefficient (Wildman–Crippen LogP) is 0.869. The van der Waals surface area contributed by atoms with Gasteiger partial charge in [-0.2, -0.15) is 5.11 Å². The van der Waals surface area contributed by atoms with Gasteiger partial charge in [0.15, 0.2) is 5.75 Å². The van der Waals surface area contributed by atoms with E-state index in [1.54, 1.807) is 24.3 Å². The number of benzene rings is 3. The molecular weight excluding hydrogens is 339 g/mol. The summed E-state index contributed by atoms with van der Waals surface area (Å²) in [5.41, 5.74) is 0.452. The molecule has 0 atom stereocenters. The van der Waals surface area contributed by atoms with Crippen LogP contribution in [0.15, 0.2) is 75.8 Å². The van der Waals surface area contributed by atoms with Gasteiger partial charge in [0.2, 0.25) is 0 Å². The fourth-order valence-corrected chi connectivity index (χ4v) is 2.65. The maximum Gasteiger partial charge on any atom is 1.00 e. The second-order valence-corrected chi connectivity index (χ2v) is 6.19. The fraction of sp³-hybridized carbons (Fsp3) is 0. The predicted molar refractivity (Wildman–Crippen MR) is 84.2 cm³/mol. The summed E-state index contributed by atoms with van der Waals surface area (Å²) < 4.78 is 33.0. The van der Waals surface area contributed by atoms with Gasteiger partial charge in [-0.1, -0.05) is 36.4 Å². The number of aromatic hydroxyl groups is 1. The Morgan fingerprint density at radius 1 is 0.917 bits per heavy atom. The summed E-state index contributed by atoms with van der Waals surface area (Å²) in [4.78, 5) is -0.378. The van der Waals surface area contributed by atoms with E-state index in [0.29, 0.717) is 5.39 Å². The maximum absolute atomic E-state index is 11.0. The van der Waals surface area contributed by atoms with E-state index in [1.165, 1.54) is 18.2 Å². The van der Waals surface area contributed by atoms with E-state index in [0.717, 1.165) is 11.5 Å². The molecule has 0 saturated heterocycles. The van der Waals surface area contributed by atoms with Gasteiger partial charge < -0.3 is 9.66 Å². The molecule has 1 N–H and O–H groups in total. The SMILES string of the molecule is O=S(=O)([O-])c1cccc(N=Nc2ccc3ccccc3c2O)c1.[Na+]. The minimum atomic E-state index is -4.55. The van der Waals surface area contributed by atoms with Gasteiger partial charge in [-0.25, -0.2) is 8.42 Å². The molecule has 0 unspecified atom stereocenters. The van der Waals surface area contributed by atoms with Crippen molar-refractivity contribution in [3.05, 3.63) is 60.7 Å². The second-order valence-electron chi connectivity index (χ2n) is 4.81. The van der Waals surface area contributed by atoms with Crippen LogP contribution in [0.1, 0.15) is 0 Å². The average molecular weight is 350 g/mol. The van der Waals surface area contributed by atoms with E-state index >= 15 is 0 Å². The summed E-state index contributed by atoms with van der Waals surface area (Å²) in [6.45, 7) is 0.